The van der Waals surface area contributed by atoms with E-state index >= 15 is 0 Å². The lowest BCUT2D eigenvalue weighted by Gasteiger charge is -2.25. The van der Waals surface area contributed by atoms with Crippen LogP contribution in [0.2, 0.25) is 0 Å². The standard InChI is InChI=1S/C28H25NO/c1-28(2,3)29-18-16-25(24-15-9-13-20-12-7-8-14-22(20)24)26(29)27-23(17-19-30-27)21-10-5-4-6-11-21/h4-19H,1-3H3. The molecule has 2 aromatic heterocycles. The van der Waals surface area contributed by atoms with Gasteiger partial charge in [-0.3, -0.25) is 0 Å². The van der Waals surface area contributed by atoms with E-state index < -0.39 is 0 Å². The molecule has 0 aliphatic rings. The lowest BCUT2D eigenvalue weighted by atomic mass is 9.95. The van der Waals surface area contributed by atoms with Gasteiger partial charge in [0.15, 0.2) is 5.76 Å². The Balaban J connectivity index is 1.82. The molecule has 3 aromatic carbocycles. The zero-order valence-electron chi connectivity index (χ0n) is 17.6. The number of aromatic nitrogens is 1. The van der Waals surface area contributed by atoms with Crippen molar-refractivity contribution in [2.45, 2.75) is 26.3 Å². The molecule has 0 aliphatic heterocycles. The van der Waals surface area contributed by atoms with Gasteiger partial charge in [-0.2, -0.15) is 0 Å². The quantitative estimate of drug-likeness (QED) is 0.305. The van der Waals surface area contributed by atoms with E-state index in [0.717, 1.165) is 22.6 Å². The second-order valence-corrected chi connectivity index (χ2v) is 8.67. The van der Waals surface area contributed by atoms with Crippen molar-refractivity contribution >= 4 is 10.8 Å². The molecule has 30 heavy (non-hydrogen) atoms. The summed E-state index contributed by atoms with van der Waals surface area (Å²) in [5.74, 6) is 0.907. The molecule has 0 fully saturated rings. The number of furan rings is 1. The lowest BCUT2D eigenvalue weighted by molar-refractivity contribution is 0.399. The van der Waals surface area contributed by atoms with Gasteiger partial charge in [-0.05, 0) is 54.8 Å². The van der Waals surface area contributed by atoms with Crippen molar-refractivity contribution in [1.29, 1.82) is 0 Å². The second kappa shape index (κ2) is 7.07. The molecular formula is C28H25NO. The molecule has 0 spiro atoms. The Morgan fingerprint density at radius 2 is 1.40 bits per heavy atom. The Labute approximate surface area is 177 Å². The maximum absolute atomic E-state index is 6.15. The Hall–Kier alpha value is -3.52. The molecular weight excluding hydrogens is 366 g/mol. The highest BCUT2D eigenvalue weighted by molar-refractivity contribution is 6.00. The van der Waals surface area contributed by atoms with E-state index in [-0.39, 0.29) is 5.54 Å². The van der Waals surface area contributed by atoms with Gasteiger partial charge in [0.1, 0.15) is 0 Å². The lowest BCUT2D eigenvalue weighted by Crippen LogP contribution is -2.21. The summed E-state index contributed by atoms with van der Waals surface area (Å²) >= 11 is 0. The molecule has 0 saturated carbocycles. The van der Waals surface area contributed by atoms with Crippen molar-refractivity contribution in [3.05, 3.63) is 97.4 Å². The van der Waals surface area contributed by atoms with Gasteiger partial charge in [0.05, 0.1) is 12.0 Å². The predicted octanol–water partition coefficient (Wildman–Crippen LogP) is 7.99. The highest BCUT2D eigenvalue weighted by Gasteiger charge is 2.25. The highest BCUT2D eigenvalue weighted by Crippen LogP contribution is 2.43. The normalized spacial score (nSPS) is 11.8. The Morgan fingerprint density at radius 3 is 2.20 bits per heavy atom. The predicted molar refractivity (Wildman–Crippen MR) is 126 cm³/mol. The van der Waals surface area contributed by atoms with Gasteiger partial charge >= 0.3 is 0 Å². The third-order valence-electron chi connectivity index (χ3n) is 5.65. The van der Waals surface area contributed by atoms with Crippen LogP contribution in [-0.2, 0) is 5.54 Å². The van der Waals surface area contributed by atoms with Crippen molar-refractivity contribution in [3.63, 3.8) is 0 Å². The Bertz CT molecular complexity index is 1310. The summed E-state index contributed by atoms with van der Waals surface area (Å²) in [5, 5.41) is 2.49. The smallest absolute Gasteiger partial charge is 0.158 e. The zero-order valence-corrected chi connectivity index (χ0v) is 17.6. The summed E-state index contributed by atoms with van der Waals surface area (Å²) < 4.78 is 8.48. The molecule has 0 atom stereocenters. The topological polar surface area (TPSA) is 18.1 Å². The van der Waals surface area contributed by atoms with Crippen LogP contribution >= 0.6 is 0 Å². The van der Waals surface area contributed by atoms with Crippen LogP contribution in [0.25, 0.3) is 44.5 Å². The fraction of sp³-hybridized carbons (Fsp3) is 0.143. The van der Waals surface area contributed by atoms with Crippen LogP contribution in [0.5, 0.6) is 0 Å². The van der Waals surface area contributed by atoms with Crippen molar-refractivity contribution < 1.29 is 4.42 Å². The first-order chi connectivity index (χ1) is 14.5. The van der Waals surface area contributed by atoms with Gasteiger partial charge in [-0.1, -0.05) is 72.8 Å². The molecule has 2 heteroatoms. The van der Waals surface area contributed by atoms with Gasteiger partial charge in [0, 0.05) is 22.9 Å². The summed E-state index contributed by atoms with van der Waals surface area (Å²) in [5.41, 5.74) is 5.71. The molecule has 2 nitrogen and oxygen atoms in total. The van der Waals surface area contributed by atoms with Gasteiger partial charge in [-0.25, -0.2) is 0 Å². The van der Waals surface area contributed by atoms with E-state index in [0.29, 0.717) is 0 Å². The Kier molecular flexibility index (Phi) is 4.36. The fourth-order valence-electron chi connectivity index (χ4n) is 4.24. The van der Waals surface area contributed by atoms with E-state index in [9.17, 15) is 0 Å². The van der Waals surface area contributed by atoms with Crippen molar-refractivity contribution in [2.75, 3.05) is 0 Å². The molecule has 0 amide bonds. The maximum Gasteiger partial charge on any atom is 0.158 e. The monoisotopic (exact) mass is 391 g/mol. The zero-order chi connectivity index (χ0) is 20.7. The fourth-order valence-corrected chi connectivity index (χ4v) is 4.24. The van der Waals surface area contributed by atoms with Gasteiger partial charge in [0.25, 0.3) is 0 Å². The summed E-state index contributed by atoms with van der Waals surface area (Å²) in [6.45, 7) is 6.69. The van der Waals surface area contributed by atoms with Crippen LogP contribution in [0.3, 0.4) is 0 Å². The largest absolute Gasteiger partial charge is 0.462 e. The van der Waals surface area contributed by atoms with Gasteiger partial charge in [-0.15, -0.1) is 0 Å². The van der Waals surface area contributed by atoms with Crippen LogP contribution in [0.4, 0.5) is 0 Å². The van der Waals surface area contributed by atoms with Crippen molar-refractivity contribution in [2.24, 2.45) is 0 Å². The first-order valence-electron chi connectivity index (χ1n) is 10.4. The number of nitrogens with zero attached hydrogens (tertiary/aromatic N) is 1. The number of hydrogen-bond donors (Lipinski definition) is 0. The molecule has 0 aliphatic carbocycles. The summed E-state index contributed by atoms with van der Waals surface area (Å²) in [6, 6.07) is 29.8. The van der Waals surface area contributed by atoms with E-state index in [4.69, 9.17) is 4.42 Å². The van der Waals surface area contributed by atoms with E-state index in [1.807, 2.05) is 6.07 Å². The molecule has 5 rings (SSSR count). The summed E-state index contributed by atoms with van der Waals surface area (Å²) in [6.07, 6.45) is 3.98. The molecule has 2 heterocycles. The summed E-state index contributed by atoms with van der Waals surface area (Å²) in [4.78, 5) is 0. The third kappa shape index (κ3) is 3.05. The first-order valence-corrected chi connectivity index (χ1v) is 10.4. The van der Waals surface area contributed by atoms with Crippen molar-refractivity contribution in [1.82, 2.24) is 4.57 Å². The average molecular weight is 392 g/mol. The van der Waals surface area contributed by atoms with E-state index in [2.05, 4.69) is 110 Å². The minimum absolute atomic E-state index is 0.0844. The van der Waals surface area contributed by atoms with Crippen LogP contribution in [0.1, 0.15) is 20.8 Å². The molecule has 0 N–H and O–H groups in total. The highest BCUT2D eigenvalue weighted by atomic mass is 16.3. The summed E-state index contributed by atoms with van der Waals surface area (Å²) in [7, 11) is 0. The number of fused-ring (bicyclic) bond motifs is 1. The number of rotatable bonds is 3. The minimum Gasteiger partial charge on any atom is -0.462 e. The Morgan fingerprint density at radius 1 is 0.667 bits per heavy atom. The van der Waals surface area contributed by atoms with Crippen LogP contribution in [-0.4, -0.2) is 4.57 Å². The number of hydrogen-bond acceptors (Lipinski definition) is 1. The third-order valence-corrected chi connectivity index (χ3v) is 5.65. The molecule has 5 aromatic rings. The maximum atomic E-state index is 6.15. The van der Waals surface area contributed by atoms with Gasteiger partial charge < -0.3 is 8.98 Å². The molecule has 0 unspecified atom stereocenters. The molecule has 148 valence electrons. The van der Waals surface area contributed by atoms with Crippen LogP contribution in [0, 0.1) is 0 Å². The van der Waals surface area contributed by atoms with E-state index in [1.54, 1.807) is 6.26 Å². The van der Waals surface area contributed by atoms with Crippen molar-refractivity contribution in [3.8, 4) is 33.7 Å². The van der Waals surface area contributed by atoms with Crippen LogP contribution in [0.15, 0.2) is 102 Å². The molecule has 0 saturated heterocycles. The van der Waals surface area contributed by atoms with Crippen LogP contribution < -0.4 is 0 Å². The van der Waals surface area contributed by atoms with Gasteiger partial charge in [0.2, 0.25) is 0 Å². The average Bonchev–Trinajstić information content (AvgIpc) is 3.40. The first kappa shape index (κ1) is 18.5. The second-order valence-electron chi connectivity index (χ2n) is 8.67. The molecule has 0 radical (unpaired) electrons. The SMILES string of the molecule is CC(C)(C)n1ccc(-c2cccc3ccccc23)c1-c1occc1-c1ccccc1. The molecule has 0 bridgehead atoms. The van der Waals surface area contributed by atoms with E-state index in [1.165, 1.54) is 21.9 Å². The minimum atomic E-state index is -0.0844. The number of benzene rings is 3.